The molecule has 0 unspecified atom stereocenters. The number of imidazole rings is 1. The Labute approximate surface area is 328 Å². The van der Waals surface area contributed by atoms with E-state index in [2.05, 4.69) is 39.6 Å². The van der Waals surface area contributed by atoms with Gasteiger partial charge in [-0.05, 0) is 111 Å². The van der Waals surface area contributed by atoms with Gasteiger partial charge in [-0.15, -0.1) is 0 Å². The van der Waals surface area contributed by atoms with E-state index < -0.39 is 23.2 Å². The number of nitrogens with zero attached hydrogens (tertiary/aromatic N) is 5. The lowest BCUT2D eigenvalue weighted by Gasteiger charge is -2.35. The fourth-order valence-corrected chi connectivity index (χ4v) is 7.69. The summed E-state index contributed by atoms with van der Waals surface area (Å²) in [4.78, 5) is 30.4. The van der Waals surface area contributed by atoms with Crippen LogP contribution in [0.15, 0.2) is 85.2 Å². The third kappa shape index (κ3) is 8.26. The molecular weight excluding hydrogens is 737 g/mol. The molecule has 0 bridgehead atoms. The summed E-state index contributed by atoms with van der Waals surface area (Å²) in [7, 11) is 3.14. The van der Waals surface area contributed by atoms with Crippen LogP contribution >= 0.6 is 12.0 Å². The average molecular weight is 780 g/mol. The van der Waals surface area contributed by atoms with Crippen molar-refractivity contribution >= 4 is 46.6 Å². The van der Waals surface area contributed by atoms with Crippen LogP contribution < -0.4 is 25.0 Å². The molecule has 0 aliphatic carbocycles. The molecule has 2 N–H and O–H groups in total. The van der Waals surface area contributed by atoms with Crippen molar-refractivity contribution in [2.45, 2.75) is 33.1 Å². The summed E-state index contributed by atoms with van der Waals surface area (Å²) in [5.74, 6) is 0.441. The Balaban J connectivity index is 1.20. The van der Waals surface area contributed by atoms with E-state index in [0.29, 0.717) is 52.5 Å². The van der Waals surface area contributed by atoms with E-state index in [4.69, 9.17) is 23.6 Å². The molecule has 0 radical (unpaired) electrons. The van der Waals surface area contributed by atoms with E-state index >= 15 is 0 Å². The summed E-state index contributed by atoms with van der Waals surface area (Å²) in [6, 6.07) is 20.0. The minimum atomic E-state index is -0.895. The zero-order chi connectivity index (χ0) is 39.2. The molecule has 0 saturated carbocycles. The van der Waals surface area contributed by atoms with Gasteiger partial charge in [-0.1, -0.05) is 12.1 Å². The number of halogens is 2. The van der Waals surface area contributed by atoms with Crippen LogP contribution in [0.4, 0.5) is 31.8 Å². The SMILES string of the molecule is CCOc1cc(N2CCC(CCSOC)CC2)c(C)cc1Nc1nccc(-c2c(-c3ccc(OC)c(C(=O)Nc4c(F)cccc4F)c3)nc3ccccn23)n1. The average Bonchev–Trinajstić information content (AvgIpc) is 3.60. The normalized spacial score (nSPS) is 13.2. The fourth-order valence-electron chi connectivity index (χ4n) is 7.10. The summed E-state index contributed by atoms with van der Waals surface area (Å²) >= 11 is 1.53. The number of carbonyl (C=O) groups excluding carboxylic acids is 1. The summed E-state index contributed by atoms with van der Waals surface area (Å²) in [5.41, 5.74) is 5.44. The van der Waals surface area contributed by atoms with Crippen LogP contribution in [0.2, 0.25) is 0 Å². The number of nitrogens with one attached hydrogen (secondary N) is 2. The van der Waals surface area contributed by atoms with E-state index in [1.807, 2.05) is 35.7 Å². The van der Waals surface area contributed by atoms with Crippen molar-refractivity contribution in [1.82, 2.24) is 19.4 Å². The highest BCUT2D eigenvalue weighted by Gasteiger charge is 2.24. The fraction of sp³-hybridized carbons (Fsp3) is 0.286. The minimum Gasteiger partial charge on any atom is -0.496 e. The number of rotatable bonds is 14. The highest BCUT2D eigenvalue weighted by molar-refractivity contribution is 7.94. The molecule has 7 rings (SSSR count). The molecular formula is C42H43F2N7O4S. The smallest absolute Gasteiger partial charge is 0.259 e. The number of aryl methyl sites for hydroxylation is 1. The predicted octanol–water partition coefficient (Wildman–Crippen LogP) is 9.35. The molecule has 4 heterocycles. The molecule has 1 saturated heterocycles. The number of anilines is 4. The zero-order valence-electron chi connectivity index (χ0n) is 31.6. The third-order valence-electron chi connectivity index (χ3n) is 9.87. The van der Waals surface area contributed by atoms with Crippen LogP contribution in [-0.2, 0) is 4.18 Å². The summed E-state index contributed by atoms with van der Waals surface area (Å²) in [6.07, 6.45) is 6.98. The Bertz CT molecular complexity index is 2330. The highest BCUT2D eigenvalue weighted by atomic mass is 32.2. The van der Waals surface area contributed by atoms with Crippen molar-refractivity contribution in [1.29, 1.82) is 0 Å². The molecule has 290 valence electrons. The third-order valence-corrected chi connectivity index (χ3v) is 10.5. The summed E-state index contributed by atoms with van der Waals surface area (Å²) in [5, 5.41) is 5.77. The molecule has 0 spiro atoms. The number of hydrogen-bond donors (Lipinski definition) is 2. The van der Waals surface area contributed by atoms with E-state index in [9.17, 15) is 13.6 Å². The first-order chi connectivity index (χ1) is 27.3. The lowest BCUT2D eigenvalue weighted by atomic mass is 9.93. The molecule has 14 heteroatoms. The Kier molecular flexibility index (Phi) is 12.0. The van der Waals surface area contributed by atoms with Crippen molar-refractivity contribution < 1.29 is 27.2 Å². The number of methoxy groups -OCH3 is 1. The van der Waals surface area contributed by atoms with Crippen LogP contribution in [0.5, 0.6) is 11.5 Å². The molecule has 6 aromatic rings. The molecule has 3 aromatic heterocycles. The van der Waals surface area contributed by atoms with E-state index in [-0.39, 0.29) is 11.3 Å². The number of fused-ring (bicyclic) bond motifs is 1. The summed E-state index contributed by atoms with van der Waals surface area (Å²) in [6.45, 7) is 6.52. The van der Waals surface area contributed by atoms with Crippen molar-refractivity contribution in [3.8, 4) is 34.1 Å². The predicted molar refractivity (Wildman–Crippen MR) is 217 cm³/mol. The number of piperidine rings is 1. The number of carbonyl (C=O) groups is 1. The molecule has 1 amide bonds. The standard InChI is InChI=1S/C42H43F2N7O4S/c1-5-55-36-25-34(50-20-15-27(16-21-50)17-22-56-54-4)26(2)23-33(36)47-42-45-18-14-32(46-42)40-38(48-37-11-6-7-19-51(37)40)28-12-13-35(53-3)29(24-28)41(52)49-39-30(43)9-8-10-31(39)44/h6-14,18-19,23-25,27H,5,15-17,20-22H2,1-4H3,(H,49,52)(H,45,46,47). The molecule has 1 aliphatic rings. The Morgan fingerprint density at radius 3 is 2.52 bits per heavy atom. The number of para-hydroxylation sites is 1. The largest absolute Gasteiger partial charge is 0.496 e. The molecule has 1 fully saturated rings. The number of pyridine rings is 1. The maximum Gasteiger partial charge on any atom is 0.259 e. The second-order valence-electron chi connectivity index (χ2n) is 13.4. The van der Waals surface area contributed by atoms with Gasteiger partial charge in [-0.2, -0.15) is 0 Å². The minimum absolute atomic E-state index is 0.0634. The zero-order valence-corrected chi connectivity index (χ0v) is 32.5. The summed E-state index contributed by atoms with van der Waals surface area (Å²) < 4.78 is 47.7. The number of amides is 1. The van der Waals surface area contributed by atoms with Gasteiger partial charge in [0.2, 0.25) is 5.95 Å². The topological polar surface area (TPSA) is 115 Å². The first kappa shape index (κ1) is 38.5. The van der Waals surface area contributed by atoms with Crippen molar-refractivity contribution in [2.24, 2.45) is 5.92 Å². The van der Waals surface area contributed by atoms with Crippen molar-refractivity contribution in [3.05, 3.63) is 108 Å². The van der Waals surface area contributed by atoms with Gasteiger partial charge in [0.15, 0.2) is 0 Å². The van der Waals surface area contributed by atoms with E-state index in [1.165, 1.54) is 25.2 Å². The van der Waals surface area contributed by atoms with Gasteiger partial charge >= 0.3 is 0 Å². The van der Waals surface area contributed by atoms with Crippen LogP contribution in [0, 0.1) is 24.5 Å². The maximum absolute atomic E-state index is 14.5. The van der Waals surface area contributed by atoms with E-state index in [1.54, 1.807) is 37.6 Å². The monoisotopic (exact) mass is 779 g/mol. The second-order valence-corrected chi connectivity index (χ2v) is 14.3. The van der Waals surface area contributed by atoms with Gasteiger partial charge in [-0.3, -0.25) is 9.20 Å². The van der Waals surface area contributed by atoms with Gasteiger partial charge in [0.05, 0.1) is 49.2 Å². The molecule has 3 aromatic carbocycles. The maximum atomic E-state index is 14.5. The first-order valence-electron chi connectivity index (χ1n) is 18.5. The molecule has 1 aliphatic heterocycles. The first-order valence-corrected chi connectivity index (χ1v) is 19.4. The van der Waals surface area contributed by atoms with E-state index in [0.717, 1.165) is 67.2 Å². The van der Waals surface area contributed by atoms with Gasteiger partial charge in [-0.25, -0.2) is 23.7 Å². The van der Waals surface area contributed by atoms with Gasteiger partial charge in [0.1, 0.15) is 34.5 Å². The lowest BCUT2D eigenvalue weighted by Crippen LogP contribution is -2.34. The van der Waals surface area contributed by atoms with Crippen LogP contribution in [0.25, 0.3) is 28.3 Å². The lowest BCUT2D eigenvalue weighted by molar-refractivity contribution is 0.102. The van der Waals surface area contributed by atoms with Crippen LogP contribution in [0.3, 0.4) is 0 Å². The van der Waals surface area contributed by atoms with Gasteiger partial charge < -0.3 is 29.2 Å². The highest BCUT2D eigenvalue weighted by Crippen LogP contribution is 2.38. The van der Waals surface area contributed by atoms with Crippen molar-refractivity contribution in [2.75, 3.05) is 55.2 Å². The number of aromatic nitrogens is 4. The van der Waals surface area contributed by atoms with Gasteiger partial charge in [0.25, 0.3) is 5.91 Å². The number of ether oxygens (including phenoxy) is 2. The molecule has 0 atom stereocenters. The van der Waals surface area contributed by atoms with Crippen molar-refractivity contribution in [3.63, 3.8) is 0 Å². The van der Waals surface area contributed by atoms with Crippen LogP contribution in [0.1, 0.15) is 42.1 Å². The molecule has 56 heavy (non-hydrogen) atoms. The van der Waals surface area contributed by atoms with Crippen LogP contribution in [-0.4, -0.2) is 64.9 Å². The molecule has 11 nitrogen and oxygen atoms in total. The number of benzene rings is 3. The Morgan fingerprint density at radius 2 is 1.77 bits per heavy atom. The quantitative estimate of drug-likeness (QED) is 0.0819. The van der Waals surface area contributed by atoms with Gasteiger partial charge in [0, 0.05) is 48.6 Å². The Morgan fingerprint density at radius 1 is 0.964 bits per heavy atom. The Hall–Kier alpha value is -5.73. The number of hydrogen-bond acceptors (Lipinski definition) is 10. The second kappa shape index (κ2) is 17.4.